The molecule has 0 aliphatic carbocycles. The number of benzene rings is 2. The van der Waals surface area contributed by atoms with Crippen molar-refractivity contribution in [1.29, 1.82) is 0 Å². The highest BCUT2D eigenvalue weighted by molar-refractivity contribution is 6.42. The molecule has 2 rings (SSSR count). The molecule has 0 aliphatic heterocycles. The van der Waals surface area contributed by atoms with Crippen LogP contribution in [0.1, 0.15) is 0 Å². The Balaban J connectivity index is 1.80. The number of hydrogen-bond donors (Lipinski definition) is 3. The number of rotatable bonds is 6. The fourth-order valence-corrected chi connectivity index (χ4v) is 2.41. The van der Waals surface area contributed by atoms with E-state index in [1.54, 1.807) is 25.2 Å². The van der Waals surface area contributed by atoms with E-state index in [1.807, 2.05) is 30.3 Å². The lowest BCUT2D eigenvalue weighted by Crippen LogP contribution is -3.11. The minimum atomic E-state index is -0.210. The number of carbonyl (C=O) groups is 2. The number of amides is 2. The van der Waals surface area contributed by atoms with Crippen LogP contribution in [0.25, 0.3) is 0 Å². The van der Waals surface area contributed by atoms with Gasteiger partial charge in [0.05, 0.1) is 17.1 Å². The number of likely N-dealkylation sites (N-methyl/N-ethyl adjacent to an activating group) is 1. The molecule has 24 heavy (non-hydrogen) atoms. The molecule has 5 nitrogen and oxygen atoms in total. The van der Waals surface area contributed by atoms with E-state index >= 15 is 0 Å². The Kier molecular flexibility index (Phi) is 6.61. The van der Waals surface area contributed by atoms with E-state index in [-0.39, 0.29) is 24.9 Å². The second kappa shape index (κ2) is 8.68. The highest BCUT2D eigenvalue weighted by atomic mass is 35.5. The van der Waals surface area contributed by atoms with E-state index in [1.165, 1.54) is 0 Å². The van der Waals surface area contributed by atoms with Crippen molar-refractivity contribution in [3.8, 4) is 0 Å². The second-order valence-electron chi connectivity index (χ2n) is 5.40. The van der Waals surface area contributed by atoms with Crippen LogP contribution in [0.3, 0.4) is 0 Å². The first kappa shape index (κ1) is 18.3. The van der Waals surface area contributed by atoms with Crippen molar-refractivity contribution in [2.75, 3.05) is 30.8 Å². The maximum atomic E-state index is 12.0. The van der Waals surface area contributed by atoms with Crippen molar-refractivity contribution in [2.24, 2.45) is 0 Å². The molecule has 2 aromatic rings. The fourth-order valence-electron chi connectivity index (χ4n) is 2.12. The highest BCUT2D eigenvalue weighted by Crippen LogP contribution is 2.24. The Morgan fingerprint density at radius 3 is 2.04 bits per heavy atom. The third-order valence-corrected chi connectivity index (χ3v) is 3.92. The van der Waals surface area contributed by atoms with Crippen molar-refractivity contribution in [3.05, 3.63) is 58.6 Å². The van der Waals surface area contributed by atoms with Gasteiger partial charge in [-0.15, -0.1) is 0 Å². The maximum absolute atomic E-state index is 12.0. The molecule has 1 atom stereocenters. The van der Waals surface area contributed by atoms with Gasteiger partial charge in [0, 0.05) is 11.4 Å². The number of nitrogens with one attached hydrogen (secondary N) is 3. The zero-order valence-corrected chi connectivity index (χ0v) is 14.6. The van der Waals surface area contributed by atoms with Crippen LogP contribution >= 0.6 is 23.2 Å². The van der Waals surface area contributed by atoms with E-state index in [2.05, 4.69) is 10.6 Å². The summed E-state index contributed by atoms with van der Waals surface area (Å²) < 4.78 is 0. The van der Waals surface area contributed by atoms with Crippen molar-refractivity contribution in [3.63, 3.8) is 0 Å². The zero-order valence-electron chi connectivity index (χ0n) is 13.1. The molecule has 0 fully saturated rings. The van der Waals surface area contributed by atoms with Crippen molar-refractivity contribution >= 4 is 46.4 Å². The number of para-hydroxylation sites is 1. The molecule has 2 amide bonds. The number of carbonyl (C=O) groups excluding carboxylic acids is 2. The maximum Gasteiger partial charge on any atom is 0.279 e. The molecule has 0 saturated carbocycles. The molecule has 3 N–H and O–H groups in total. The summed E-state index contributed by atoms with van der Waals surface area (Å²) in [6.07, 6.45) is 0. The van der Waals surface area contributed by atoms with Gasteiger partial charge in [0.15, 0.2) is 13.1 Å². The summed E-state index contributed by atoms with van der Waals surface area (Å²) in [5, 5.41) is 6.31. The molecule has 0 aromatic heterocycles. The zero-order chi connectivity index (χ0) is 17.5. The number of anilines is 2. The summed E-state index contributed by atoms with van der Waals surface area (Å²) in [6, 6.07) is 14.1. The Labute approximate surface area is 150 Å². The molecular weight excluding hydrogens is 349 g/mol. The SMILES string of the molecule is C[NH+](CC(=O)Nc1ccccc1)CC(=O)Nc1ccc(Cl)c(Cl)c1. The predicted molar refractivity (Wildman–Crippen MR) is 96.8 cm³/mol. The Bertz CT molecular complexity index is 723. The van der Waals surface area contributed by atoms with Gasteiger partial charge in [0.2, 0.25) is 0 Å². The molecule has 0 saturated heterocycles. The third kappa shape index (κ3) is 5.85. The first-order valence-corrected chi connectivity index (χ1v) is 8.11. The summed E-state index contributed by atoms with van der Waals surface area (Å²) in [7, 11) is 1.78. The quantitative estimate of drug-likeness (QED) is 0.732. The van der Waals surface area contributed by atoms with Gasteiger partial charge in [0.25, 0.3) is 11.8 Å². The van der Waals surface area contributed by atoms with Crippen molar-refractivity contribution < 1.29 is 14.5 Å². The monoisotopic (exact) mass is 366 g/mol. The van der Waals surface area contributed by atoms with E-state index < -0.39 is 0 Å². The standard InChI is InChI=1S/C17H17Cl2N3O2/c1-22(10-16(23)20-12-5-3-2-4-6-12)11-17(24)21-13-7-8-14(18)15(19)9-13/h2-9H,10-11H2,1H3,(H,20,23)(H,21,24)/p+1. The summed E-state index contributed by atoms with van der Waals surface area (Å²) in [5.41, 5.74) is 1.30. The van der Waals surface area contributed by atoms with Gasteiger partial charge in [-0.25, -0.2) is 0 Å². The average Bonchev–Trinajstić information content (AvgIpc) is 2.51. The minimum Gasteiger partial charge on any atom is -0.322 e. The first-order valence-electron chi connectivity index (χ1n) is 7.35. The Hall–Kier alpha value is -2.08. The van der Waals surface area contributed by atoms with Crippen LogP contribution in [-0.4, -0.2) is 32.0 Å². The van der Waals surface area contributed by atoms with Gasteiger partial charge >= 0.3 is 0 Å². The number of halogens is 2. The van der Waals surface area contributed by atoms with Crippen LogP contribution < -0.4 is 15.5 Å². The van der Waals surface area contributed by atoms with Gasteiger partial charge in [-0.1, -0.05) is 41.4 Å². The summed E-state index contributed by atoms with van der Waals surface area (Å²) in [5.74, 6) is -0.362. The summed E-state index contributed by atoms with van der Waals surface area (Å²) >= 11 is 11.7. The third-order valence-electron chi connectivity index (χ3n) is 3.19. The van der Waals surface area contributed by atoms with Crippen LogP contribution in [0.5, 0.6) is 0 Å². The normalized spacial score (nSPS) is 11.6. The van der Waals surface area contributed by atoms with Gasteiger partial charge < -0.3 is 15.5 Å². The van der Waals surface area contributed by atoms with Gasteiger partial charge in [-0.2, -0.15) is 0 Å². The molecule has 0 spiro atoms. The van der Waals surface area contributed by atoms with E-state index in [9.17, 15) is 9.59 Å². The molecule has 2 aromatic carbocycles. The largest absolute Gasteiger partial charge is 0.322 e. The van der Waals surface area contributed by atoms with Crippen LogP contribution in [0, 0.1) is 0 Å². The minimum absolute atomic E-state index is 0.152. The van der Waals surface area contributed by atoms with Crippen molar-refractivity contribution in [2.45, 2.75) is 0 Å². The molecule has 0 bridgehead atoms. The number of quaternary nitrogens is 1. The van der Waals surface area contributed by atoms with Crippen molar-refractivity contribution in [1.82, 2.24) is 0 Å². The lowest BCUT2D eigenvalue weighted by Gasteiger charge is -2.14. The smallest absolute Gasteiger partial charge is 0.279 e. The predicted octanol–water partition coefficient (Wildman–Crippen LogP) is 2.09. The molecule has 7 heteroatoms. The van der Waals surface area contributed by atoms with Gasteiger partial charge in [0.1, 0.15) is 0 Å². The van der Waals surface area contributed by atoms with Crippen LogP contribution in [-0.2, 0) is 9.59 Å². The molecule has 126 valence electrons. The van der Waals surface area contributed by atoms with Gasteiger partial charge in [-0.05, 0) is 30.3 Å². The lowest BCUT2D eigenvalue weighted by molar-refractivity contribution is -0.862. The Morgan fingerprint density at radius 2 is 1.46 bits per heavy atom. The van der Waals surface area contributed by atoms with E-state index in [0.29, 0.717) is 15.7 Å². The van der Waals surface area contributed by atoms with E-state index in [0.717, 1.165) is 10.6 Å². The Morgan fingerprint density at radius 1 is 0.875 bits per heavy atom. The first-order chi connectivity index (χ1) is 11.4. The van der Waals surface area contributed by atoms with Gasteiger partial charge in [-0.3, -0.25) is 9.59 Å². The summed E-state index contributed by atoms with van der Waals surface area (Å²) in [4.78, 5) is 24.7. The molecule has 0 aliphatic rings. The molecule has 1 unspecified atom stereocenters. The van der Waals surface area contributed by atoms with E-state index in [4.69, 9.17) is 23.2 Å². The fraction of sp³-hybridized carbons (Fsp3) is 0.176. The number of hydrogen-bond acceptors (Lipinski definition) is 2. The molecule has 0 heterocycles. The lowest BCUT2D eigenvalue weighted by atomic mass is 10.3. The molecular formula is C17H18Cl2N3O2+. The summed E-state index contributed by atoms with van der Waals surface area (Å²) in [6.45, 7) is 0.339. The highest BCUT2D eigenvalue weighted by Gasteiger charge is 2.14. The second-order valence-corrected chi connectivity index (χ2v) is 6.22. The topological polar surface area (TPSA) is 62.6 Å². The average molecular weight is 367 g/mol. The van der Waals surface area contributed by atoms with Crippen LogP contribution in [0.15, 0.2) is 48.5 Å². The molecule has 0 radical (unpaired) electrons. The van der Waals surface area contributed by atoms with Crippen LogP contribution in [0.2, 0.25) is 10.0 Å². The van der Waals surface area contributed by atoms with Crippen LogP contribution in [0.4, 0.5) is 11.4 Å².